The number of piperazine rings is 1. The first-order valence-corrected chi connectivity index (χ1v) is 11.7. The third-order valence-electron chi connectivity index (χ3n) is 6.91. The van der Waals surface area contributed by atoms with Crippen LogP contribution in [0.3, 0.4) is 0 Å². The average molecular weight is 481 g/mol. The number of amides is 2. The monoisotopic (exact) mass is 480 g/mol. The van der Waals surface area contributed by atoms with Crippen molar-refractivity contribution >= 4 is 28.9 Å². The maximum atomic E-state index is 13.7. The van der Waals surface area contributed by atoms with Gasteiger partial charge in [0.2, 0.25) is 5.91 Å². The molecule has 8 heteroatoms. The zero-order valence-electron chi connectivity index (χ0n) is 19.6. The Balaban J connectivity index is 1.40. The number of benzene rings is 3. The summed E-state index contributed by atoms with van der Waals surface area (Å²) in [6.45, 7) is -0.153. The minimum absolute atomic E-state index is 0.0122. The van der Waals surface area contributed by atoms with E-state index in [0.717, 1.165) is 27.7 Å². The molecule has 0 radical (unpaired) electrons. The summed E-state index contributed by atoms with van der Waals surface area (Å²) >= 11 is 0. The molecule has 36 heavy (non-hydrogen) atoms. The number of hydrogen-bond donors (Lipinski definition) is 2. The number of phenolic OH excluding ortho intramolecular Hbond substituents is 1. The number of rotatable bonds is 4. The molecule has 8 nitrogen and oxygen atoms in total. The number of hydrogen-bond acceptors (Lipinski definition) is 5. The second-order valence-electron chi connectivity index (χ2n) is 8.97. The van der Waals surface area contributed by atoms with Crippen molar-refractivity contribution in [3.63, 3.8) is 0 Å². The number of aromatic hydroxyl groups is 1. The third-order valence-corrected chi connectivity index (χ3v) is 6.91. The molecular weight excluding hydrogens is 456 g/mol. The summed E-state index contributed by atoms with van der Waals surface area (Å²) in [4.78, 5) is 32.5. The summed E-state index contributed by atoms with van der Waals surface area (Å²) < 4.78 is 5.14. The summed E-state index contributed by atoms with van der Waals surface area (Å²) in [5.74, 6) is -0.0825. The lowest BCUT2D eigenvalue weighted by Gasteiger charge is -2.45. The lowest BCUT2D eigenvalue weighted by Crippen LogP contribution is -2.61. The van der Waals surface area contributed by atoms with Gasteiger partial charge in [0.15, 0.2) is 11.5 Å². The molecule has 0 spiro atoms. The van der Waals surface area contributed by atoms with Crippen molar-refractivity contribution in [3.05, 3.63) is 95.2 Å². The summed E-state index contributed by atoms with van der Waals surface area (Å²) in [5.41, 5.74) is 4.57. The van der Waals surface area contributed by atoms with Gasteiger partial charge >= 0.3 is 0 Å². The largest absolute Gasteiger partial charge is 0.504 e. The lowest BCUT2D eigenvalue weighted by atomic mass is 9.86. The number of fused-ring (bicyclic) bond motifs is 4. The van der Waals surface area contributed by atoms with E-state index < -0.39 is 12.1 Å². The van der Waals surface area contributed by atoms with Crippen LogP contribution in [0, 0.1) is 0 Å². The van der Waals surface area contributed by atoms with Gasteiger partial charge in [0.05, 0.1) is 19.4 Å². The van der Waals surface area contributed by atoms with Crippen LogP contribution < -0.4 is 4.74 Å². The van der Waals surface area contributed by atoms with Gasteiger partial charge in [0, 0.05) is 23.0 Å². The minimum Gasteiger partial charge on any atom is -0.504 e. The number of aromatic amines is 1. The number of H-pyrrole nitrogens is 1. The van der Waals surface area contributed by atoms with Crippen molar-refractivity contribution in [3.8, 4) is 11.5 Å². The highest BCUT2D eigenvalue weighted by Gasteiger charge is 2.48. The highest BCUT2D eigenvalue weighted by atomic mass is 16.5. The van der Waals surface area contributed by atoms with Crippen LogP contribution in [-0.4, -0.2) is 57.7 Å². The Kier molecular flexibility index (Phi) is 5.21. The quantitative estimate of drug-likeness (QED) is 0.436. The van der Waals surface area contributed by atoms with E-state index in [1.54, 1.807) is 17.0 Å². The summed E-state index contributed by atoms with van der Waals surface area (Å²) in [6, 6.07) is 21.5. The number of methoxy groups -OCH3 is 1. The highest BCUT2D eigenvalue weighted by molar-refractivity contribution is 5.98. The Morgan fingerprint density at radius 2 is 1.83 bits per heavy atom. The van der Waals surface area contributed by atoms with Crippen LogP contribution in [0.5, 0.6) is 11.5 Å². The summed E-state index contributed by atoms with van der Waals surface area (Å²) in [5, 5.41) is 16.5. The molecule has 1 saturated heterocycles. The molecular formula is C28H24N4O4. The van der Waals surface area contributed by atoms with Crippen LogP contribution in [0.1, 0.15) is 28.4 Å². The van der Waals surface area contributed by atoms with E-state index in [2.05, 4.69) is 10.1 Å². The Bertz CT molecular complexity index is 1510. The van der Waals surface area contributed by atoms with Gasteiger partial charge in [-0.1, -0.05) is 48.5 Å². The van der Waals surface area contributed by atoms with E-state index in [0.29, 0.717) is 17.7 Å². The van der Waals surface area contributed by atoms with Gasteiger partial charge in [-0.15, -0.1) is 0 Å². The standard InChI is InChI=1S/C28H24N4O4/c1-36-24-13-17(11-12-23(24)33)15-29-31-16-25(34)32-22(28(31)35)14-20-19-9-5-6-10-21(19)30-26(20)27(32)18-7-3-2-4-8-18/h2-13,15,22,27,30,33H,14,16H2,1H3. The topological polar surface area (TPSA) is 98.2 Å². The van der Waals surface area contributed by atoms with Crippen molar-refractivity contribution < 1.29 is 19.4 Å². The van der Waals surface area contributed by atoms with Crippen molar-refractivity contribution in [2.45, 2.75) is 18.5 Å². The predicted octanol–water partition coefficient (Wildman–Crippen LogP) is 3.60. The van der Waals surface area contributed by atoms with Gasteiger partial charge in [0.25, 0.3) is 5.91 Å². The minimum atomic E-state index is -0.672. The Morgan fingerprint density at radius 3 is 2.64 bits per heavy atom. The van der Waals surface area contributed by atoms with Crippen LogP contribution in [0.15, 0.2) is 77.9 Å². The van der Waals surface area contributed by atoms with E-state index in [1.807, 2.05) is 54.6 Å². The molecule has 0 saturated carbocycles. The van der Waals surface area contributed by atoms with Crippen molar-refractivity contribution in [1.29, 1.82) is 0 Å². The first-order valence-electron chi connectivity index (χ1n) is 11.7. The first kappa shape index (κ1) is 21.9. The molecule has 2 N–H and O–H groups in total. The first-order chi connectivity index (χ1) is 17.5. The zero-order chi connectivity index (χ0) is 24.8. The van der Waals surface area contributed by atoms with Crippen LogP contribution in [0.4, 0.5) is 0 Å². The van der Waals surface area contributed by atoms with E-state index in [4.69, 9.17) is 4.74 Å². The van der Waals surface area contributed by atoms with Crippen molar-refractivity contribution in [2.24, 2.45) is 5.10 Å². The van der Waals surface area contributed by atoms with E-state index in [1.165, 1.54) is 24.4 Å². The van der Waals surface area contributed by atoms with E-state index >= 15 is 0 Å². The Hall–Kier alpha value is -4.59. The van der Waals surface area contributed by atoms with Gasteiger partial charge in [-0.3, -0.25) is 9.59 Å². The normalized spacial score (nSPS) is 19.6. The maximum Gasteiger partial charge on any atom is 0.266 e. The maximum absolute atomic E-state index is 13.7. The second-order valence-corrected chi connectivity index (χ2v) is 8.97. The molecule has 0 bridgehead atoms. The molecule has 3 aromatic carbocycles. The zero-order valence-corrected chi connectivity index (χ0v) is 19.6. The fraction of sp³-hybridized carbons (Fsp3) is 0.179. The molecule has 0 aliphatic carbocycles. The second kappa shape index (κ2) is 8.57. The number of nitrogens with one attached hydrogen (secondary N) is 1. The molecule has 4 aromatic rings. The molecule has 2 aliphatic rings. The molecule has 1 aromatic heterocycles. The van der Waals surface area contributed by atoms with Gasteiger partial charge in [-0.05, 0) is 41.0 Å². The number of aromatic nitrogens is 1. The summed E-state index contributed by atoms with van der Waals surface area (Å²) in [6.07, 6.45) is 1.91. The average Bonchev–Trinajstić information content (AvgIpc) is 3.28. The van der Waals surface area contributed by atoms with Gasteiger partial charge < -0.3 is 19.7 Å². The smallest absolute Gasteiger partial charge is 0.266 e. The molecule has 3 heterocycles. The van der Waals surface area contributed by atoms with Crippen LogP contribution in [-0.2, 0) is 16.0 Å². The van der Waals surface area contributed by atoms with Crippen LogP contribution in [0.25, 0.3) is 10.9 Å². The number of ether oxygens (including phenoxy) is 1. The SMILES string of the molecule is COc1cc(C=NN2CC(=O)N3C(Cc4c([nH]c5ccccc45)C3c3ccccc3)C2=O)ccc1O. The molecule has 2 aliphatic heterocycles. The number of carbonyl (C=O) groups excluding carboxylic acids is 2. The fourth-order valence-electron chi connectivity index (χ4n) is 5.24. The molecule has 180 valence electrons. The van der Waals surface area contributed by atoms with E-state index in [-0.39, 0.29) is 24.1 Å². The Morgan fingerprint density at radius 1 is 1.06 bits per heavy atom. The number of para-hydroxylation sites is 1. The van der Waals surface area contributed by atoms with Crippen molar-refractivity contribution in [2.75, 3.05) is 13.7 Å². The van der Waals surface area contributed by atoms with Gasteiger partial charge in [-0.25, -0.2) is 5.01 Å². The number of carbonyl (C=O) groups is 2. The van der Waals surface area contributed by atoms with Gasteiger partial charge in [-0.2, -0.15) is 5.10 Å². The van der Waals surface area contributed by atoms with Crippen LogP contribution >= 0.6 is 0 Å². The predicted molar refractivity (Wildman–Crippen MR) is 135 cm³/mol. The molecule has 2 atom stereocenters. The molecule has 6 rings (SSSR count). The molecule has 2 amide bonds. The Labute approximate surface area is 207 Å². The van der Waals surface area contributed by atoms with Crippen molar-refractivity contribution in [1.82, 2.24) is 14.9 Å². The molecule has 1 fully saturated rings. The summed E-state index contributed by atoms with van der Waals surface area (Å²) in [7, 11) is 1.46. The number of nitrogens with zero attached hydrogens (tertiary/aromatic N) is 3. The van der Waals surface area contributed by atoms with E-state index in [9.17, 15) is 14.7 Å². The van der Waals surface area contributed by atoms with Gasteiger partial charge in [0.1, 0.15) is 12.6 Å². The fourth-order valence-corrected chi connectivity index (χ4v) is 5.24. The third kappa shape index (κ3) is 3.50. The van der Waals surface area contributed by atoms with Crippen LogP contribution in [0.2, 0.25) is 0 Å². The highest BCUT2D eigenvalue weighted by Crippen LogP contribution is 2.42. The lowest BCUT2D eigenvalue weighted by molar-refractivity contribution is -0.158. The number of hydrazone groups is 1. The molecule has 2 unspecified atom stereocenters. The number of phenols is 1.